The van der Waals surface area contributed by atoms with Gasteiger partial charge in [-0.15, -0.1) is 0 Å². The van der Waals surface area contributed by atoms with Gasteiger partial charge in [-0.3, -0.25) is 0 Å². The van der Waals surface area contributed by atoms with Gasteiger partial charge in [0.1, 0.15) is 11.5 Å². The van der Waals surface area contributed by atoms with E-state index in [1.165, 1.54) is 38.5 Å². The molecule has 2 aromatic rings. The summed E-state index contributed by atoms with van der Waals surface area (Å²) in [7, 11) is 0. The standard InChI is InChI=1S/C24H35N7O2/c1-3-32-20-12-11-19(21(17-20)33-4-2)18-25-29-22-26-23(30-13-7-5-8-14-30)28-24(27-22)31-15-9-6-10-16-31/h11-12,17-18H,3-10,13-16H2,1-2H3,(H,26,27,28,29). The van der Waals surface area contributed by atoms with Crippen LogP contribution in [0.3, 0.4) is 0 Å². The van der Waals surface area contributed by atoms with Crippen LogP contribution in [0, 0.1) is 0 Å². The van der Waals surface area contributed by atoms with E-state index in [1.54, 1.807) is 6.21 Å². The Morgan fingerprint density at radius 3 is 2.03 bits per heavy atom. The van der Waals surface area contributed by atoms with Crippen molar-refractivity contribution in [2.75, 3.05) is 54.6 Å². The predicted molar refractivity (Wildman–Crippen MR) is 132 cm³/mol. The molecule has 9 heteroatoms. The van der Waals surface area contributed by atoms with Crippen LogP contribution >= 0.6 is 0 Å². The van der Waals surface area contributed by atoms with E-state index in [0.29, 0.717) is 19.2 Å². The normalized spacial score (nSPS) is 16.8. The molecule has 1 aromatic carbocycles. The van der Waals surface area contributed by atoms with Crippen molar-refractivity contribution in [2.24, 2.45) is 5.10 Å². The van der Waals surface area contributed by atoms with Crippen molar-refractivity contribution in [3.05, 3.63) is 23.8 Å². The lowest BCUT2D eigenvalue weighted by atomic mass is 10.1. The summed E-state index contributed by atoms with van der Waals surface area (Å²) in [6, 6.07) is 5.74. The molecular formula is C24H35N7O2. The molecule has 0 saturated carbocycles. The van der Waals surface area contributed by atoms with Gasteiger partial charge in [-0.2, -0.15) is 20.1 Å². The fourth-order valence-electron chi connectivity index (χ4n) is 4.19. The van der Waals surface area contributed by atoms with Crippen molar-refractivity contribution in [2.45, 2.75) is 52.4 Å². The molecule has 2 aliphatic heterocycles. The summed E-state index contributed by atoms with van der Waals surface area (Å²) in [4.78, 5) is 18.7. The first-order valence-corrected chi connectivity index (χ1v) is 12.2. The summed E-state index contributed by atoms with van der Waals surface area (Å²) in [6.45, 7) is 9.03. The summed E-state index contributed by atoms with van der Waals surface area (Å²) in [6.07, 6.45) is 8.94. The summed E-state index contributed by atoms with van der Waals surface area (Å²) >= 11 is 0. The molecule has 9 nitrogen and oxygen atoms in total. The number of piperidine rings is 2. The lowest BCUT2D eigenvalue weighted by Gasteiger charge is -2.30. The molecule has 0 bridgehead atoms. The van der Waals surface area contributed by atoms with Gasteiger partial charge in [0.15, 0.2) is 0 Å². The first kappa shape index (κ1) is 23.1. The van der Waals surface area contributed by atoms with E-state index in [1.807, 2.05) is 32.0 Å². The van der Waals surface area contributed by atoms with Gasteiger partial charge in [0.25, 0.3) is 0 Å². The molecular weight excluding hydrogens is 418 g/mol. The van der Waals surface area contributed by atoms with Gasteiger partial charge in [-0.05, 0) is 64.5 Å². The van der Waals surface area contributed by atoms with E-state index in [0.717, 1.165) is 55.1 Å². The average molecular weight is 454 g/mol. The number of hydrogen-bond acceptors (Lipinski definition) is 9. The highest BCUT2D eigenvalue weighted by Gasteiger charge is 2.20. The maximum Gasteiger partial charge on any atom is 0.250 e. The van der Waals surface area contributed by atoms with Gasteiger partial charge in [0.05, 0.1) is 19.4 Å². The minimum Gasteiger partial charge on any atom is -0.494 e. The third kappa shape index (κ3) is 6.24. The number of rotatable bonds is 9. The second-order valence-corrected chi connectivity index (χ2v) is 8.29. The summed E-state index contributed by atoms with van der Waals surface area (Å²) in [5.74, 6) is 3.44. The van der Waals surface area contributed by atoms with Crippen LogP contribution in [0.4, 0.5) is 17.8 Å². The quantitative estimate of drug-likeness (QED) is 0.449. The Labute approximate surface area is 196 Å². The summed E-state index contributed by atoms with van der Waals surface area (Å²) in [5, 5.41) is 4.42. The highest BCUT2D eigenvalue weighted by atomic mass is 16.5. The third-order valence-electron chi connectivity index (χ3n) is 5.85. The first-order valence-electron chi connectivity index (χ1n) is 12.2. The summed E-state index contributed by atoms with van der Waals surface area (Å²) in [5.41, 5.74) is 3.88. The Bertz CT molecular complexity index is 889. The SMILES string of the molecule is CCOc1ccc(C=NNc2nc(N3CCCCC3)nc(N3CCCCC3)n2)c(OCC)c1. The molecule has 1 aromatic heterocycles. The van der Waals surface area contributed by atoms with Crippen LogP contribution in [-0.2, 0) is 0 Å². The number of hydrogen-bond donors (Lipinski definition) is 1. The van der Waals surface area contributed by atoms with Gasteiger partial charge in [0.2, 0.25) is 17.8 Å². The van der Waals surface area contributed by atoms with E-state index in [9.17, 15) is 0 Å². The van der Waals surface area contributed by atoms with E-state index in [4.69, 9.17) is 14.5 Å². The second kappa shape index (κ2) is 11.7. The van der Waals surface area contributed by atoms with Crippen molar-refractivity contribution in [1.82, 2.24) is 15.0 Å². The number of nitrogens with zero attached hydrogens (tertiary/aromatic N) is 6. The zero-order valence-electron chi connectivity index (χ0n) is 19.8. The number of hydrazone groups is 1. The topological polar surface area (TPSA) is 88.0 Å². The molecule has 0 atom stereocenters. The predicted octanol–water partition coefficient (Wildman–Crippen LogP) is 4.10. The Morgan fingerprint density at radius 1 is 0.848 bits per heavy atom. The number of benzene rings is 1. The highest BCUT2D eigenvalue weighted by molar-refractivity contribution is 5.84. The van der Waals surface area contributed by atoms with Crippen molar-refractivity contribution in [1.29, 1.82) is 0 Å². The molecule has 2 aliphatic rings. The van der Waals surface area contributed by atoms with E-state index < -0.39 is 0 Å². The molecule has 2 saturated heterocycles. The first-order chi connectivity index (χ1) is 16.3. The van der Waals surface area contributed by atoms with Gasteiger partial charge in [0, 0.05) is 37.8 Å². The molecule has 0 aliphatic carbocycles. The zero-order valence-corrected chi connectivity index (χ0v) is 19.8. The lowest BCUT2D eigenvalue weighted by Crippen LogP contribution is -2.34. The van der Waals surface area contributed by atoms with Gasteiger partial charge in [-0.25, -0.2) is 5.43 Å². The van der Waals surface area contributed by atoms with Crippen molar-refractivity contribution in [3.8, 4) is 11.5 Å². The molecule has 3 heterocycles. The van der Waals surface area contributed by atoms with Crippen LogP contribution in [0.2, 0.25) is 0 Å². The van der Waals surface area contributed by atoms with Crippen molar-refractivity contribution < 1.29 is 9.47 Å². The van der Waals surface area contributed by atoms with E-state index >= 15 is 0 Å². The van der Waals surface area contributed by atoms with Crippen LogP contribution < -0.4 is 24.7 Å². The van der Waals surface area contributed by atoms with Crippen LogP contribution in [0.15, 0.2) is 23.3 Å². The minimum absolute atomic E-state index is 0.464. The molecule has 178 valence electrons. The van der Waals surface area contributed by atoms with E-state index in [2.05, 4.69) is 30.3 Å². The monoisotopic (exact) mass is 453 g/mol. The number of aromatic nitrogens is 3. The molecule has 0 unspecified atom stereocenters. The highest BCUT2D eigenvalue weighted by Crippen LogP contribution is 2.25. The Hall–Kier alpha value is -3.10. The Balaban J connectivity index is 1.54. The molecule has 0 amide bonds. The number of nitrogens with one attached hydrogen (secondary N) is 1. The smallest absolute Gasteiger partial charge is 0.250 e. The number of anilines is 3. The fraction of sp³-hybridized carbons (Fsp3) is 0.583. The van der Waals surface area contributed by atoms with E-state index in [-0.39, 0.29) is 0 Å². The molecule has 1 N–H and O–H groups in total. The summed E-state index contributed by atoms with van der Waals surface area (Å²) < 4.78 is 11.4. The Morgan fingerprint density at radius 2 is 1.45 bits per heavy atom. The van der Waals surface area contributed by atoms with Gasteiger partial charge >= 0.3 is 0 Å². The third-order valence-corrected chi connectivity index (χ3v) is 5.85. The second-order valence-electron chi connectivity index (χ2n) is 8.29. The van der Waals surface area contributed by atoms with Crippen LogP contribution in [0.1, 0.15) is 57.9 Å². The van der Waals surface area contributed by atoms with Crippen LogP contribution in [0.5, 0.6) is 11.5 Å². The molecule has 0 spiro atoms. The maximum atomic E-state index is 5.77. The van der Waals surface area contributed by atoms with Crippen LogP contribution in [-0.4, -0.2) is 60.6 Å². The number of ether oxygens (including phenoxy) is 2. The Kier molecular flexibility index (Phi) is 8.16. The molecule has 4 rings (SSSR count). The fourth-order valence-corrected chi connectivity index (χ4v) is 4.19. The van der Waals surface area contributed by atoms with Gasteiger partial charge in [-0.1, -0.05) is 0 Å². The zero-order chi connectivity index (χ0) is 22.9. The maximum absolute atomic E-state index is 5.77. The molecule has 2 fully saturated rings. The molecule has 33 heavy (non-hydrogen) atoms. The van der Waals surface area contributed by atoms with Crippen LogP contribution in [0.25, 0.3) is 0 Å². The molecule has 0 radical (unpaired) electrons. The van der Waals surface area contributed by atoms with Crippen molar-refractivity contribution >= 4 is 24.1 Å². The van der Waals surface area contributed by atoms with Gasteiger partial charge < -0.3 is 19.3 Å². The van der Waals surface area contributed by atoms with Crippen molar-refractivity contribution in [3.63, 3.8) is 0 Å². The average Bonchev–Trinajstić information content (AvgIpc) is 2.86. The lowest BCUT2D eigenvalue weighted by molar-refractivity contribution is 0.323. The largest absolute Gasteiger partial charge is 0.494 e. The minimum atomic E-state index is 0.464.